The van der Waals surface area contributed by atoms with E-state index in [-0.39, 0.29) is 11.3 Å². The van der Waals surface area contributed by atoms with Gasteiger partial charge in [-0.05, 0) is 30.3 Å². The van der Waals surface area contributed by atoms with Crippen LogP contribution in [0.5, 0.6) is 0 Å². The van der Waals surface area contributed by atoms with Gasteiger partial charge in [-0.2, -0.15) is 0 Å². The van der Waals surface area contributed by atoms with Crippen molar-refractivity contribution in [3.63, 3.8) is 0 Å². The van der Waals surface area contributed by atoms with Crippen molar-refractivity contribution in [2.45, 2.75) is 11.4 Å². The van der Waals surface area contributed by atoms with Gasteiger partial charge >= 0.3 is 5.97 Å². The molecule has 0 radical (unpaired) electrons. The monoisotopic (exact) mass is 321 g/mol. The van der Waals surface area contributed by atoms with E-state index in [4.69, 9.17) is 4.42 Å². The summed E-state index contributed by atoms with van der Waals surface area (Å²) < 4.78 is 18.0. The number of carbonyl (C=O) groups is 2. The predicted octanol–water partition coefficient (Wildman–Crippen LogP) is 2.76. The van der Waals surface area contributed by atoms with Gasteiger partial charge in [0, 0.05) is 16.9 Å². The van der Waals surface area contributed by atoms with E-state index >= 15 is 0 Å². The fourth-order valence-corrected chi connectivity index (χ4v) is 3.76. The molecular weight excluding hydrogens is 309 g/mol. The van der Waals surface area contributed by atoms with E-state index in [1.807, 2.05) is 0 Å². The van der Waals surface area contributed by atoms with Gasteiger partial charge in [0.25, 0.3) is 5.91 Å². The number of thioether (sulfide) groups is 1. The number of nitrogens with zero attached hydrogens (tertiary/aromatic N) is 1. The first-order chi connectivity index (χ1) is 10.6. The van der Waals surface area contributed by atoms with Crippen LogP contribution in [0.3, 0.4) is 0 Å². The minimum Gasteiger partial charge on any atom is -0.480 e. The number of halogens is 1. The summed E-state index contributed by atoms with van der Waals surface area (Å²) in [5.74, 6) is -1.66. The Balaban J connectivity index is 1.96. The third kappa shape index (κ3) is 2.59. The molecule has 1 amide bonds. The van der Waals surface area contributed by atoms with Crippen molar-refractivity contribution in [3.05, 3.63) is 59.8 Å². The second-order valence-electron chi connectivity index (χ2n) is 4.82. The van der Waals surface area contributed by atoms with E-state index in [0.29, 0.717) is 0 Å². The normalized spacial score (nSPS) is 21.0. The van der Waals surface area contributed by atoms with Crippen LogP contribution in [-0.2, 0) is 4.79 Å². The molecule has 7 heteroatoms. The lowest BCUT2D eigenvalue weighted by Gasteiger charge is -2.26. The molecule has 0 aliphatic carbocycles. The summed E-state index contributed by atoms with van der Waals surface area (Å²) in [5.41, 5.74) is 0.979. The van der Waals surface area contributed by atoms with Crippen LogP contribution in [0.1, 0.15) is 21.3 Å². The summed E-state index contributed by atoms with van der Waals surface area (Å²) in [6, 6.07) is 5.84. The topological polar surface area (TPSA) is 70.8 Å². The van der Waals surface area contributed by atoms with Gasteiger partial charge in [0.05, 0.1) is 12.5 Å². The van der Waals surface area contributed by atoms with E-state index < -0.39 is 29.1 Å². The minimum absolute atomic E-state index is 0.253. The molecule has 1 fully saturated rings. The lowest BCUT2D eigenvalue weighted by Crippen LogP contribution is -2.42. The predicted molar refractivity (Wildman–Crippen MR) is 77.9 cm³/mol. The van der Waals surface area contributed by atoms with Gasteiger partial charge in [-0.25, -0.2) is 9.18 Å². The SMILES string of the molecule is O=C(O)[C@@H]1CS[C@@H](c2ccoc2)N1C(=O)c1ccc(F)cc1. The molecule has 3 rings (SSSR count). The molecule has 1 aromatic heterocycles. The maximum Gasteiger partial charge on any atom is 0.327 e. The van der Waals surface area contributed by atoms with E-state index in [1.165, 1.54) is 53.5 Å². The molecule has 2 atom stereocenters. The number of hydrogen-bond acceptors (Lipinski definition) is 4. The van der Waals surface area contributed by atoms with Crippen LogP contribution in [0, 0.1) is 5.82 Å². The molecule has 1 saturated heterocycles. The first-order valence-electron chi connectivity index (χ1n) is 6.52. The average Bonchev–Trinajstić information content (AvgIpc) is 3.16. The van der Waals surface area contributed by atoms with Gasteiger partial charge < -0.3 is 14.4 Å². The van der Waals surface area contributed by atoms with Crippen LogP contribution in [0.4, 0.5) is 4.39 Å². The maximum absolute atomic E-state index is 13.0. The Labute approximate surface area is 129 Å². The van der Waals surface area contributed by atoms with Crippen LogP contribution in [0.25, 0.3) is 0 Å². The molecule has 5 nitrogen and oxygen atoms in total. The van der Waals surface area contributed by atoms with Gasteiger partial charge in [0.2, 0.25) is 0 Å². The van der Waals surface area contributed by atoms with Crippen molar-refractivity contribution < 1.29 is 23.5 Å². The van der Waals surface area contributed by atoms with E-state index in [1.54, 1.807) is 6.07 Å². The van der Waals surface area contributed by atoms with Crippen LogP contribution in [-0.4, -0.2) is 33.7 Å². The summed E-state index contributed by atoms with van der Waals surface area (Å²) in [6.07, 6.45) is 2.97. The lowest BCUT2D eigenvalue weighted by molar-refractivity contribution is -0.141. The molecule has 2 aromatic rings. The highest BCUT2D eigenvalue weighted by atomic mass is 32.2. The van der Waals surface area contributed by atoms with Crippen LogP contribution < -0.4 is 0 Å². The van der Waals surface area contributed by atoms with Crippen LogP contribution >= 0.6 is 11.8 Å². The third-order valence-corrected chi connectivity index (χ3v) is 4.76. The molecule has 0 spiro atoms. The second-order valence-corrected chi connectivity index (χ2v) is 5.93. The second kappa shape index (κ2) is 5.84. The summed E-state index contributed by atoms with van der Waals surface area (Å²) in [5, 5.41) is 8.92. The van der Waals surface area contributed by atoms with Gasteiger partial charge in [0.1, 0.15) is 17.2 Å². The highest BCUT2D eigenvalue weighted by molar-refractivity contribution is 7.99. The molecule has 0 unspecified atom stereocenters. The molecule has 114 valence electrons. The van der Waals surface area contributed by atoms with E-state index in [0.717, 1.165) is 5.56 Å². The van der Waals surface area contributed by atoms with Crippen LogP contribution in [0.2, 0.25) is 0 Å². The van der Waals surface area contributed by atoms with Crippen molar-refractivity contribution in [3.8, 4) is 0 Å². The number of carbonyl (C=O) groups excluding carboxylic acids is 1. The lowest BCUT2D eigenvalue weighted by atomic mass is 10.1. The summed E-state index contributed by atoms with van der Waals surface area (Å²) in [6.45, 7) is 0. The Hall–Kier alpha value is -2.28. The standard InChI is InChI=1S/C15H12FNO4S/c16-11-3-1-9(2-4-11)13(18)17-12(15(19)20)8-22-14(17)10-5-6-21-7-10/h1-7,12,14H,8H2,(H,19,20)/t12-,14-/m0/s1. The van der Waals surface area contributed by atoms with Gasteiger partial charge in [-0.3, -0.25) is 4.79 Å². The fourth-order valence-electron chi connectivity index (χ4n) is 2.36. The van der Waals surface area contributed by atoms with Gasteiger partial charge in [-0.1, -0.05) is 0 Å². The quantitative estimate of drug-likeness (QED) is 0.941. The molecule has 1 aliphatic heterocycles. The number of benzene rings is 1. The highest BCUT2D eigenvalue weighted by Crippen LogP contribution is 2.42. The third-order valence-electron chi connectivity index (χ3n) is 3.44. The number of amides is 1. The molecule has 0 saturated carbocycles. The van der Waals surface area contributed by atoms with Gasteiger partial charge in [-0.15, -0.1) is 11.8 Å². The largest absolute Gasteiger partial charge is 0.480 e. The van der Waals surface area contributed by atoms with E-state index in [2.05, 4.69) is 0 Å². The number of hydrogen-bond donors (Lipinski definition) is 1. The highest BCUT2D eigenvalue weighted by Gasteiger charge is 2.43. The molecule has 2 heterocycles. The summed E-state index contributed by atoms with van der Waals surface area (Å²) in [4.78, 5) is 25.4. The van der Waals surface area contributed by atoms with Crippen molar-refractivity contribution in [1.82, 2.24) is 4.90 Å². The number of carboxylic acids is 1. The van der Waals surface area contributed by atoms with Crippen molar-refractivity contribution in [2.24, 2.45) is 0 Å². The van der Waals surface area contributed by atoms with E-state index in [9.17, 15) is 19.1 Å². The van der Waals surface area contributed by atoms with Crippen LogP contribution in [0.15, 0.2) is 47.3 Å². The zero-order chi connectivity index (χ0) is 15.7. The van der Waals surface area contributed by atoms with Crippen molar-refractivity contribution in [2.75, 3.05) is 5.75 Å². The molecule has 1 N–H and O–H groups in total. The summed E-state index contributed by atoms with van der Waals surface area (Å²) >= 11 is 1.36. The zero-order valence-electron chi connectivity index (χ0n) is 11.3. The number of aliphatic carboxylic acids is 1. The molecule has 22 heavy (non-hydrogen) atoms. The number of carboxylic acid groups (broad SMARTS) is 1. The first-order valence-corrected chi connectivity index (χ1v) is 7.57. The first kappa shape index (κ1) is 14.6. The van der Waals surface area contributed by atoms with Crippen molar-refractivity contribution in [1.29, 1.82) is 0 Å². The smallest absolute Gasteiger partial charge is 0.327 e. The Bertz CT molecular complexity index is 686. The molecule has 1 aromatic carbocycles. The number of furan rings is 1. The maximum atomic E-state index is 13.0. The Morgan fingerprint density at radius 3 is 2.59 bits per heavy atom. The van der Waals surface area contributed by atoms with Gasteiger partial charge in [0.15, 0.2) is 0 Å². The number of rotatable bonds is 3. The molecular formula is C15H12FNO4S. The zero-order valence-corrected chi connectivity index (χ0v) is 12.1. The summed E-state index contributed by atoms with van der Waals surface area (Å²) in [7, 11) is 0. The fraction of sp³-hybridized carbons (Fsp3) is 0.200. The average molecular weight is 321 g/mol. The minimum atomic E-state index is -1.06. The van der Waals surface area contributed by atoms with Crippen molar-refractivity contribution >= 4 is 23.6 Å². The Morgan fingerprint density at radius 1 is 1.27 bits per heavy atom. The molecule has 1 aliphatic rings. The Morgan fingerprint density at radius 2 is 2.00 bits per heavy atom. The Kier molecular flexibility index (Phi) is 3.89. The molecule has 0 bridgehead atoms.